The van der Waals surface area contributed by atoms with Crippen molar-refractivity contribution in [2.75, 3.05) is 31.2 Å². The van der Waals surface area contributed by atoms with Gasteiger partial charge in [0.05, 0.1) is 13.2 Å². The Bertz CT molecular complexity index is 736. The van der Waals surface area contributed by atoms with E-state index in [4.69, 9.17) is 9.47 Å². The van der Waals surface area contributed by atoms with Gasteiger partial charge in [0.25, 0.3) is 5.91 Å². The molecule has 0 spiro atoms. The minimum Gasteiger partial charge on any atom is -0.490 e. The van der Waals surface area contributed by atoms with Gasteiger partial charge in [0.15, 0.2) is 11.5 Å². The Labute approximate surface area is 154 Å². The van der Waals surface area contributed by atoms with E-state index < -0.39 is 0 Å². The summed E-state index contributed by atoms with van der Waals surface area (Å²) in [5.41, 5.74) is 0.577. The lowest BCUT2D eigenvalue weighted by molar-refractivity contribution is 0.0940. The van der Waals surface area contributed by atoms with Crippen LogP contribution in [0.25, 0.3) is 0 Å². The van der Waals surface area contributed by atoms with E-state index in [2.05, 4.69) is 15.2 Å². The van der Waals surface area contributed by atoms with Gasteiger partial charge in [-0.2, -0.15) is 0 Å². The summed E-state index contributed by atoms with van der Waals surface area (Å²) in [6.45, 7) is 6.55. The molecule has 1 aliphatic heterocycles. The number of carbonyl (C=O) groups excluding carboxylic acids is 1. The van der Waals surface area contributed by atoms with Crippen molar-refractivity contribution in [3.05, 3.63) is 48.2 Å². The number of rotatable bonds is 7. The molecule has 2 aromatic rings. The van der Waals surface area contributed by atoms with E-state index in [0.717, 1.165) is 25.3 Å². The van der Waals surface area contributed by atoms with Crippen molar-refractivity contribution in [2.24, 2.45) is 0 Å². The van der Waals surface area contributed by atoms with Crippen molar-refractivity contribution in [1.82, 2.24) is 10.3 Å². The molecule has 1 aliphatic rings. The molecule has 6 heteroatoms. The zero-order chi connectivity index (χ0) is 18.4. The van der Waals surface area contributed by atoms with Gasteiger partial charge in [0, 0.05) is 30.9 Å². The molecule has 1 fully saturated rings. The van der Waals surface area contributed by atoms with Crippen LogP contribution < -0.4 is 19.7 Å². The lowest BCUT2D eigenvalue weighted by Crippen LogP contribution is -2.37. The highest BCUT2D eigenvalue weighted by Crippen LogP contribution is 2.28. The van der Waals surface area contributed by atoms with Gasteiger partial charge in [0.1, 0.15) is 5.82 Å². The predicted molar refractivity (Wildman–Crippen MR) is 101 cm³/mol. The van der Waals surface area contributed by atoms with Gasteiger partial charge < -0.3 is 19.7 Å². The standard InChI is InChI=1S/C20H25N3O3/c1-3-25-17-9-8-15(13-18(17)26-4-2)20(24)22-16-10-12-23(14-16)19-7-5-6-11-21-19/h5-9,11,13,16H,3-4,10,12,14H2,1-2H3,(H,22,24). The SMILES string of the molecule is CCOc1ccc(C(=O)NC2CCN(c3ccccn3)C2)cc1OCC. The van der Waals surface area contributed by atoms with Crippen LogP contribution >= 0.6 is 0 Å². The molecule has 1 saturated heterocycles. The van der Waals surface area contributed by atoms with E-state index in [9.17, 15) is 4.79 Å². The van der Waals surface area contributed by atoms with E-state index in [1.54, 1.807) is 24.4 Å². The maximum atomic E-state index is 12.6. The second-order valence-corrected chi connectivity index (χ2v) is 6.12. The fraction of sp³-hybridized carbons (Fsp3) is 0.400. The van der Waals surface area contributed by atoms with E-state index in [-0.39, 0.29) is 11.9 Å². The number of nitrogens with one attached hydrogen (secondary N) is 1. The van der Waals surface area contributed by atoms with Crippen molar-refractivity contribution in [3.8, 4) is 11.5 Å². The molecule has 138 valence electrons. The third kappa shape index (κ3) is 4.25. The number of anilines is 1. The number of aromatic nitrogens is 1. The van der Waals surface area contributed by atoms with Crippen LogP contribution in [0.5, 0.6) is 11.5 Å². The Morgan fingerprint density at radius 2 is 2.00 bits per heavy atom. The van der Waals surface area contributed by atoms with Gasteiger partial charge >= 0.3 is 0 Å². The van der Waals surface area contributed by atoms with Gasteiger partial charge in [-0.25, -0.2) is 4.98 Å². The van der Waals surface area contributed by atoms with Crippen LogP contribution in [-0.4, -0.2) is 43.2 Å². The Balaban J connectivity index is 1.64. The highest BCUT2D eigenvalue weighted by Gasteiger charge is 2.25. The maximum absolute atomic E-state index is 12.6. The molecule has 1 atom stereocenters. The zero-order valence-electron chi connectivity index (χ0n) is 15.3. The minimum absolute atomic E-state index is 0.0955. The van der Waals surface area contributed by atoms with Crippen LogP contribution in [-0.2, 0) is 0 Å². The van der Waals surface area contributed by atoms with Crippen LogP contribution in [0.2, 0.25) is 0 Å². The van der Waals surface area contributed by atoms with E-state index in [0.29, 0.717) is 30.3 Å². The molecule has 0 radical (unpaired) electrons. The summed E-state index contributed by atoms with van der Waals surface area (Å²) in [6.07, 6.45) is 2.69. The Morgan fingerprint density at radius 1 is 1.19 bits per heavy atom. The molecule has 6 nitrogen and oxygen atoms in total. The Morgan fingerprint density at radius 3 is 2.73 bits per heavy atom. The summed E-state index contributed by atoms with van der Waals surface area (Å²) < 4.78 is 11.2. The van der Waals surface area contributed by atoms with Crippen LogP contribution in [0.1, 0.15) is 30.6 Å². The zero-order valence-corrected chi connectivity index (χ0v) is 15.3. The third-order valence-corrected chi connectivity index (χ3v) is 4.30. The lowest BCUT2D eigenvalue weighted by atomic mass is 10.1. The summed E-state index contributed by atoms with van der Waals surface area (Å²) in [6, 6.07) is 11.3. The molecule has 1 unspecified atom stereocenters. The number of nitrogens with zero attached hydrogens (tertiary/aromatic N) is 2. The fourth-order valence-electron chi connectivity index (χ4n) is 3.09. The molecular formula is C20H25N3O3. The van der Waals surface area contributed by atoms with Crippen molar-refractivity contribution in [1.29, 1.82) is 0 Å². The minimum atomic E-state index is -0.0955. The van der Waals surface area contributed by atoms with Crippen LogP contribution in [0.15, 0.2) is 42.6 Å². The summed E-state index contributed by atoms with van der Waals surface area (Å²) in [5, 5.41) is 3.11. The Hall–Kier alpha value is -2.76. The first kappa shape index (κ1) is 18.0. The van der Waals surface area contributed by atoms with Crippen molar-refractivity contribution >= 4 is 11.7 Å². The topological polar surface area (TPSA) is 63.7 Å². The molecule has 1 N–H and O–H groups in total. The molecule has 1 aromatic carbocycles. The average molecular weight is 355 g/mol. The number of ether oxygens (including phenoxy) is 2. The number of benzene rings is 1. The highest BCUT2D eigenvalue weighted by atomic mass is 16.5. The maximum Gasteiger partial charge on any atom is 0.251 e. The van der Waals surface area contributed by atoms with E-state index in [1.807, 2.05) is 32.0 Å². The molecule has 0 bridgehead atoms. The Kier molecular flexibility index (Phi) is 5.94. The quantitative estimate of drug-likeness (QED) is 0.827. The second-order valence-electron chi connectivity index (χ2n) is 6.12. The molecule has 1 aromatic heterocycles. The van der Waals surface area contributed by atoms with E-state index in [1.165, 1.54) is 0 Å². The molecule has 3 rings (SSSR count). The molecular weight excluding hydrogens is 330 g/mol. The number of carbonyl (C=O) groups is 1. The summed E-state index contributed by atoms with van der Waals surface area (Å²) >= 11 is 0. The number of hydrogen-bond acceptors (Lipinski definition) is 5. The predicted octanol–water partition coefficient (Wildman–Crippen LogP) is 2.89. The molecule has 26 heavy (non-hydrogen) atoms. The fourth-order valence-corrected chi connectivity index (χ4v) is 3.09. The van der Waals surface area contributed by atoms with Crippen LogP contribution in [0.4, 0.5) is 5.82 Å². The molecule has 2 heterocycles. The van der Waals surface area contributed by atoms with Crippen molar-refractivity contribution < 1.29 is 14.3 Å². The van der Waals surface area contributed by atoms with Crippen LogP contribution in [0, 0.1) is 0 Å². The van der Waals surface area contributed by atoms with Crippen molar-refractivity contribution in [3.63, 3.8) is 0 Å². The monoisotopic (exact) mass is 355 g/mol. The first-order chi connectivity index (χ1) is 12.7. The number of pyridine rings is 1. The van der Waals surface area contributed by atoms with Gasteiger partial charge in [-0.15, -0.1) is 0 Å². The third-order valence-electron chi connectivity index (χ3n) is 4.30. The number of amides is 1. The van der Waals surface area contributed by atoms with Crippen LogP contribution in [0.3, 0.4) is 0 Å². The summed E-state index contributed by atoms with van der Waals surface area (Å²) in [4.78, 5) is 19.2. The molecule has 0 saturated carbocycles. The normalized spacial score (nSPS) is 16.4. The average Bonchev–Trinajstić information content (AvgIpc) is 3.13. The van der Waals surface area contributed by atoms with Gasteiger partial charge in [0.2, 0.25) is 0 Å². The first-order valence-electron chi connectivity index (χ1n) is 9.07. The lowest BCUT2D eigenvalue weighted by Gasteiger charge is -2.18. The van der Waals surface area contributed by atoms with Gasteiger partial charge in [-0.1, -0.05) is 6.07 Å². The summed E-state index contributed by atoms with van der Waals surface area (Å²) in [7, 11) is 0. The van der Waals surface area contributed by atoms with E-state index >= 15 is 0 Å². The second kappa shape index (κ2) is 8.56. The molecule has 1 amide bonds. The first-order valence-corrected chi connectivity index (χ1v) is 9.07. The van der Waals surface area contributed by atoms with Crippen molar-refractivity contribution in [2.45, 2.75) is 26.3 Å². The highest BCUT2D eigenvalue weighted by molar-refractivity contribution is 5.95. The van der Waals surface area contributed by atoms with Gasteiger partial charge in [-0.05, 0) is 50.6 Å². The van der Waals surface area contributed by atoms with Gasteiger partial charge in [-0.3, -0.25) is 4.79 Å². The summed E-state index contributed by atoms with van der Waals surface area (Å²) in [5.74, 6) is 2.11. The smallest absolute Gasteiger partial charge is 0.251 e. The molecule has 0 aliphatic carbocycles. The largest absolute Gasteiger partial charge is 0.490 e. The number of hydrogen-bond donors (Lipinski definition) is 1.